The molecule has 0 aliphatic carbocycles. The summed E-state index contributed by atoms with van der Waals surface area (Å²) in [6, 6.07) is 28.9. The van der Waals surface area contributed by atoms with E-state index in [-0.39, 0.29) is 27.8 Å². The number of halogens is 1. The lowest BCUT2D eigenvalue weighted by Gasteiger charge is -2.43. The van der Waals surface area contributed by atoms with Crippen molar-refractivity contribution in [3.05, 3.63) is 131 Å². The molecule has 1 saturated heterocycles. The molecule has 44 heavy (non-hydrogen) atoms. The number of sulfonamides is 1. The third-order valence-corrected chi connectivity index (χ3v) is 11.9. The number of hydrogen-bond acceptors (Lipinski definition) is 5. The van der Waals surface area contributed by atoms with Gasteiger partial charge in [-0.15, -0.1) is 0 Å². The van der Waals surface area contributed by atoms with Crippen LogP contribution in [0.1, 0.15) is 52.4 Å². The highest BCUT2D eigenvalue weighted by atomic mass is 32.2. The van der Waals surface area contributed by atoms with Crippen LogP contribution >= 0.6 is 0 Å². The molecule has 0 bridgehead atoms. The number of hydrogen-bond donors (Lipinski definition) is 2. The summed E-state index contributed by atoms with van der Waals surface area (Å²) in [5.74, 6) is -0.803. The number of carbonyl (C=O) groups excluding carboxylic acids is 1. The van der Waals surface area contributed by atoms with Gasteiger partial charge in [-0.1, -0.05) is 48.5 Å². The average Bonchev–Trinajstić information content (AvgIpc) is 3.25. The number of nitrogens with zero attached hydrogens (tertiary/aromatic N) is 2. The molecule has 1 fully saturated rings. The molecule has 4 aromatic carbocycles. The number of nitriles is 1. The molecule has 2 aliphatic heterocycles. The molecule has 0 saturated carbocycles. The normalized spacial score (nSPS) is 20.5. The van der Waals surface area contributed by atoms with Crippen LogP contribution in [0.2, 0.25) is 0 Å². The number of piperidine rings is 1. The Labute approximate surface area is 257 Å². The van der Waals surface area contributed by atoms with Crippen molar-refractivity contribution in [3.8, 4) is 6.07 Å². The molecule has 0 aromatic heterocycles. The van der Waals surface area contributed by atoms with Crippen molar-refractivity contribution in [1.29, 1.82) is 5.26 Å². The minimum absolute atomic E-state index is 0.0524. The predicted molar refractivity (Wildman–Crippen MR) is 168 cm³/mol. The summed E-state index contributed by atoms with van der Waals surface area (Å²) in [5, 5.41) is 15.8. The van der Waals surface area contributed by atoms with Gasteiger partial charge in [0.05, 0.1) is 17.0 Å². The number of carbonyl (C=O) groups is 1. The van der Waals surface area contributed by atoms with Crippen LogP contribution in [0.5, 0.6) is 0 Å². The number of quaternary nitrogens is 1. The quantitative estimate of drug-likeness (QED) is 0.268. The van der Waals surface area contributed by atoms with E-state index < -0.39 is 27.3 Å². The molecule has 2 aliphatic rings. The van der Waals surface area contributed by atoms with Gasteiger partial charge in [0, 0.05) is 29.3 Å². The van der Waals surface area contributed by atoms with Crippen LogP contribution in [0.25, 0.3) is 0 Å². The highest BCUT2D eigenvalue weighted by Gasteiger charge is 2.65. The minimum atomic E-state index is -4.12. The van der Waals surface area contributed by atoms with Crippen LogP contribution in [-0.4, -0.2) is 33.5 Å². The first-order chi connectivity index (χ1) is 21.2. The van der Waals surface area contributed by atoms with Crippen LogP contribution < -0.4 is 14.5 Å². The van der Waals surface area contributed by atoms with E-state index in [1.807, 2.05) is 55.5 Å². The summed E-state index contributed by atoms with van der Waals surface area (Å²) in [5.41, 5.74) is 3.49. The van der Waals surface area contributed by atoms with Crippen molar-refractivity contribution < 1.29 is 17.6 Å². The standard InChI is InChI=1S/C35H33FN4O3S/c1-25-35(17-19-38-20-18-35)32-21-27(34(41)39-23-29-10-6-5-9-28(29)22-37)11-16-33(32)40(25,24-26-7-3-2-4-8-26)44(42,43)31-14-12-30(36)13-15-31/h2-16,21,25,38H,17-20,23-24H2,1H3/p+1. The van der Waals surface area contributed by atoms with Gasteiger partial charge >= 0.3 is 10.0 Å². The van der Waals surface area contributed by atoms with Crippen LogP contribution in [0, 0.1) is 17.1 Å². The van der Waals surface area contributed by atoms with Gasteiger partial charge in [-0.3, -0.25) is 4.79 Å². The fourth-order valence-electron chi connectivity index (χ4n) is 7.15. The maximum Gasteiger partial charge on any atom is 0.332 e. The summed E-state index contributed by atoms with van der Waals surface area (Å²) < 4.78 is 43.5. The maximum atomic E-state index is 14.9. The molecular weight excluding hydrogens is 575 g/mol. The zero-order valence-corrected chi connectivity index (χ0v) is 25.3. The fourth-order valence-corrected chi connectivity index (χ4v) is 9.37. The highest BCUT2D eigenvalue weighted by molar-refractivity contribution is 7.91. The Morgan fingerprint density at radius 1 is 1.00 bits per heavy atom. The molecule has 6 rings (SSSR count). The SMILES string of the molecule is CC1C2(CCNCC2)c2cc(C(=O)NCc3ccccc3C#N)ccc2[N+]1(Cc1ccccc1)S(=O)(=O)c1ccc(F)cc1. The monoisotopic (exact) mass is 609 g/mol. The van der Waals surface area contributed by atoms with Gasteiger partial charge in [-0.2, -0.15) is 17.6 Å². The van der Waals surface area contributed by atoms with Crippen LogP contribution in [-0.2, 0) is 28.5 Å². The van der Waals surface area contributed by atoms with Crippen LogP contribution in [0.4, 0.5) is 10.1 Å². The summed E-state index contributed by atoms with van der Waals surface area (Å²) >= 11 is 0. The molecular formula is C35H34FN4O3S+. The summed E-state index contributed by atoms with van der Waals surface area (Å²) in [7, 11) is -4.12. The van der Waals surface area contributed by atoms with Crippen molar-refractivity contribution in [2.45, 2.75) is 49.2 Å². The second-order valence-electron chi connectivity index (χ2n) is 11.6. The smallest absolute Gasteiger partial charge is 0.332 e. The molecule has 1 amide bonds. The fraction of sp³-hybridized carbons (Fsp3) is 0.257. The third kappa shape index (κ3) is 4.80. The molecule has 2 atom stereocenters. The largest absolute Gasteiger partial charge is 0.348 e. The molecule has 9 heteroatoms. The lowest BCUT2D eigenvalue weighted by Crippen LogP contribution is -2.62. The number of rotatable bonds is 7. The molecule has 0 radical (unpaired) electrons. The zero-order valence-electron chi connectivity index (χ0n) is 24.5. The second kappa shape index (κ2) is 11.6. The van der Waals surface area contributed by atoms with Crippen LogP contribution in [0.15, 0.2) is 102 Å². The van der Waals surface area contributed by atoms with E-state index in [2.05, 4.69) is 16.7 Å². The van der Waals surface area contributed by atoms with Gasteiger partial charge in [0.1, 0.15) is 23.3 Å². The molecule has 4 aromatic rings. The van der Waals surface area contributed by atoms with E-state index in [0.29, 0.717) is 42.7 Å². The maximum absolute atomic E-state index is 14.9. The Hall–Kier alpha value is -4.36. The summed E-state index contributed by atoms with van der Waals surface area (Å²) in [4.78, 5) is 13.6. The molecule has 7 nitrogen and oxygen atoms in total. The predicted octanol–water partition coefficient (Wildman–Crippen LogP) is 5.55. The molecule has 2 heterocycles. The Balaban J connectivity index is 1.50. The van der Waals surface area contributed by atoms with E-state index >= 15 is 0 Å². The van der Waals surface area contributed by atoms with Gasteiger partial charge in [-0.05, 0) is 80.9 Å². The topological polar surface area (TPSA) is 99.1 Å². The second-order valence-corrected chi connectivity index (χ2v) is 13.7. The van der Waals surface area contributed by atoms with Gasteiger partial charge in [0.25, 0.3) is 5.91 Å². The van der Waals surface area contributed by atoms with E-state index in [1.165, 1.54) is 24.3 Å². The Morgan fingerprint density at radius 3 is 2.39 bits per heavy atom. The van der Waals surface area contributed by atoms with Gasteiger partial charge in [-0.25, -0.2) is 4.39 Å². The molecule has 2 unspecified atom stereocenters. The Bertz CT molecular complexity index is 1850. The van der Waals surface area contributed by atoms with Crippen molar-refractivity contribution >= 4 is 21.6 Å². The van der Waals surface area contributed by atoms with E-state index in [9.17, 15) is 22.9 Å². The minimum Gasteiger partial charge on any atom is -0.348 e. The zero-order chi connectivity index (χ0) is 31.0. The summed E-state index contributed by atoms with van der Waals surface area (Å²) in [6.07, 6.45) is 1.41. The molecule has 1 spiro atoms. The Kier molecular flexibility index (Phi) is 7.84. The third-order valence-electron chi connectivity index (χ3n) is 9.50. The summed E-state index contributed by atoms with van der Waals surface area (Å²) in [6.45, 7) is 3.81. The van der Waals surface area contributed by atoms with Crippen LogP contribution in [0.3, 0.4) is 0 Å². The Morgan fingerprint density at radius 2 is 1.68 bits per heavy atom. The number of amides is 1. The van der Waals surface area contributed by atoms with E-state index in [4.69, 9.17) is 0 Å². The van der Waals surface area contributed by atoms with Crippen molar-refractivity contribution in [3.63, 3.8) is 0 Å². The van der Waals surface area contributed by atoms with Gasteiger partial charge in [0.2, 0.25) is 0 Å². The first kappa shape index (κ1) is 29.7. The molecule has 2 N–H and O–H groups in total. The number of fused-ring (bicyclic) bond motifs is 2. The highest BCUT2D eigenvalue weighted by Crippen LogP contribution is 2.57. The van der Waals surface area contributed by atoms with Gasteiger partial charge in [0.15, 0.2) is 5.69 Å². The first-order valence-corrected chi connectivity index (χ1v) is 16.2. The average molecular weight is 610 g/mol. The van der Waals surface area contributed by atoms with E-state index in [0.717, 1.165) is 16.7 Å². The van der Waals surface area contributed by atoms with E-state index in [1.54, 1.807) is 24.3 Å². The van der Waals surface area contributed by atoms with Crippen molar-refractivity contribution in [1.82, 2.24) is 14.5 Å². The van der Waals surface area contributed by atoms with Crippen molar-refractivity contribution in [2.75, 3.05) is 13.1 Å². The lowest BCUT2D eigenvalue weighted by atomic mass is 9.70. The first-order valence-electron chi connectivity index (χ1n) is 14.8. The number of nitrogens with one attached hydrogen (secondary N) is 2. The lowest BCUT2D eigenvalue weighted by molar-refractivity contribution is 0.0950. The van der Waals surface area contributed by atoms with Gasteiger partial charge < -0.3 is 10.6 Å². The van der Waals surface area contributed by atoms with Crippen molar-refractivity contribution in [2.24, 2.45) is 0 Å². The number of benzene rings is 4. The molecule has 224 valence electrons.